The largest absolute Gasteiger partial charge is 0.351 e. The Bertz CT molecular complexity index is 738. The van der Waals surface area contributed by atoms with Crippen molar-refractivity contribution >= 4 is 35.1 Å². The number of rotatable bonds is 5. The number of hydrogen-bond acceptors (Lipinski definition) is 2. The van der Waals surface area contributed by atoms with E-state index in [9.17, 15) is 9.59 Å². The van der Waals surface area contributed by atoms with Gasteiger partial charge in [-0.3, -0.25) is 10.1 Å². The van der Waals surface area contributed by atoms with Gasteiger partial charge in [0, 0.05) is 16.1 Å². The average molecular weight is 367 g/mol. The fourth-order valence-corrected chi connectivity index (χ4v) is 3.05. The zero-order chi connectivity index (χ0) is 17.7. The van der Waals surface area contributed by atoms with Crippen molar-refractivity contribution < 1.29 is 14.9 Å². The lowest BCUT2D eigenvalue weighted by molar-refractivity contribution is -0.719. The summed E-state index contributed by atoms with van der Waals surface area (Å²) in [6, 6.07) is 12.7. The molecule has 0 saturated heterocycles. The quantitative estimate of drug-likeness (QED) is 0.758. The van der Waals surface area contributed by atoms with Crippen LogP contribution < -0.4 is 16.4 Å². The van der Waals surface area contributed by atoms with Crippen molar-refractivity contribution in [2.75, 3.05) is 0 Å². The minimum atomic E-state index is -0.883. The predicted octanol–water partition coefficient (Wildman–Crippen LogP) is 2.55. The van der Waals surface area contributed by atoms with Crippen LogP contribution in [0.4, 0.5) is 4.79 Å². The molecular formula is C17H18Cl2N3O2+. The van der Waals surface area contributed by atoms with E-state index in [1.54, 1.807) is 12.1 Å². The van der Waals surface area contributed by atoms with Gasteiger partial charge in [0.15, 0.2) is 6.04 Å². The Kier molecular flexibility index (Phi) is 6.20. The van der Waals surface area contributed by atoms with E-state index in [4.69, 9.17) is 28.9 Å². The van der Waals surface area contributed by atoms with Gasteiger partial charge in [-0.1, -0.05) is 59.6 Å². The molecule has 0 aliphatic heterocycles. The van der Waals surface area contributed by atoms with Crippen molar-refractivity contribution in [2.24, 2.45) is 5.73 Å². The maximum atomic E-state index is 12.4. The number of carbonyl (C=O) groups excluding carboxylic acids is 2. The number of quaternary nitrogens is 1. The number of carbonyl (C=O) groups is 2. The van der Waals surface area contributed by atoms with E-state index in [1.807, 2.05) is 48.6 Å². The number of nitrogens with one attached hydrogen (secondary N) is 1. The van der Waals surface area contributed by atoms with Crippen molar-refractivity contribution in [1.29, 1.82) is 0 Å². The highest BCUT2D eigenvalue weighted by Gasteiger charge is 2.28. The number of halogens is 2. The van der Waals surface area contributed by atoms with Crippen molar-refractivity contribution in [3.63, 3.8) is 0 Å². The molecule has 0 heterocycles. The number of primary amides is 1. The molecule has 0 spiro atoms. The van der Waals surface area contributed by atoms with Crippen molar-refractivity contribution in [2.45, 2.75) is 19.0 Å². The fraction of sp³-hybridized carbons (Fsp3) is 0.176. The van der Waals surface area contributed by atoms with Crippen LogP contribution in [0.2, 0.25) is 10.0 Å². The Morgan fingerprint density at radius 3 is 2.38 bits per heavy atom. The Labute approximate surface area is 150 Å². The molecule has 0 radical (unpaired) electrons. The van der Waals surface area contributed by atoms with Crippen molar-refractivity contribution in [3.8, 4) is 0 Å². The zero-order valence-corrected chi connectivity index (χ0v) is 14.5. The maximum Gasteiger partial charge on any atom is 0.319 e. The Hall–Kier alpha value is -2.08. The molecule has 0 fully saturated rings. The van der Waals surface area contributed by atoms with E-state index in [-0.39, 0.29) is 6.04 Å². The predicted molar refractivity (Wildman–Crippen MR) is 93.7 cm³/mol. The third kappa shape index (κ3) is 4.71. The second-order valence-corrected chi connectivity index (χ2v) is 6.23. The number of nitrogens with two attached hydrogens (primary N) is 2. The van der Waals surface area contributed by atoms with E-state index in [0.29, 0.717) is 10.0 Å². The van der Waals surface area contributed by atoms with Crippen LogP contribution >= 0.6 is 23.2 Å². The van der Waals surface area contributed by atoms with Crippen LogP contribution in [0, 0.1) is 0 Å². The third-order valence-electron chi connectivity index (χ3n) is 3.62. The molecule has 5 N–H and O–H groups in total. The van der Waals surface area contributed by atoms with Gasteiger partial charge in [0.2, 0.25) is 0 Å². The third-order valence-corrected chi connectivity index (χ3v) is 4.18. The van der Waals surface area contributed by atoms with Crippen LogP contribution in [-0.2, 0) is 4.79 Å². The molecule has 3 amide bonds. The average Bonchev–Trinajstić information content (AvgIpc) is 2.52. The van der Waals surface area contributed by atoms with Crippen LogP contribution in [0.5, 0.6) is 0 Å². The molecule has 126 valence electrons. The van der Waals surface area contributed by atoms with Gasteiger partial charge >= 0.3 is 6.03 Å². The summed E-state index contributed by atoms with van der Waals surface area (Å²) in [6.45, 7) is 1.92. The van der Waals surface area contributed by atoms with Crippen LogP contribution in [0.3, 0.4) is 0 Å². The van der Waals surface area contributed by atoms with Gasteiger partial charge in [-0.2, -0.15) is 0 Å². The van der Waals surface area contributed by atoms with Gasteiger partial charge in [-0.15, -0.1) is 0 Å². The van der Waals surface area contributed by atoms with E-state index < -0.39 is 18.0 Å². The minimum Gasteiger partial charge on any atom is -0.351 e. The van der Waals surface area contributed by atoms with Gasteiger partial charge in [-0.25, -0.2) is 4.79 Å². The number of urea groups is 1. The molecular weight excluding hydrogens is 349 g/mol. The van der Waals surface area contributed by atoms with Crippen LogP contribution in [0.1, 0.15) is 30.1 Å². The van der Waals surface area contributed by atoms with E-state index in [2.05, 4.69) is 5.32 Å². The summed E-state index contributed by atoms with van der Waals surface area (Å²) in [5.74, 6) is -0.481. The molecule has 7 heteroatoms. The van der Waals surface area contributed by atoms with E-state index in [0.717, 1.165) is 11.1 Å². The Morgan fingerprint density at radius 2 is 1.79 bits per heavy atom. The summed E-state index contributed by atoms with van der Waals surface area (Å²) in [6.07, 6.45) is 0. The molecule has 2 aromatic carbocycles. The smallest absolute Gasteiger partial charge is 0.319 e. The molecule has 0 aliphatic carbocycles. The standard InChI is InChI=1S/C17H17Cl2N3O2/c1-10(13-8-7-12(18)9-14(13)19)21-15(16(23)22-17(20)24)11-5-3-2-4-6-11/h2-10,15,21H,1H3,(H3,20,22,23,24)/p+1/t10-,15-/m0/s1. The molecule has 24 heavy (non-hydrogen) atoms. The molecule has 2 rings (SSSR count). The fourth-order valence-electron chi connectivity index (χ4n) is 2.47. The van der Waals surface area contributed by atoms with Crippen LogP contribution in [0.15, 0.2) is 48.5 Å². The van der Waals surface area contributed by atoms with Gasteiger partial charge in [-0.05, 0) is 19.1 Å². The molecule has 2 atom stereocenters. The molecule has 0 bridgehead atoms. The highest BCUT2D eigenvalue weighted by molar-refractivity contribution is 6.35. The zero-order valence-electron chi connectivity index (χ0n) is 13.0. The minimum absolute atomic E-state index is 0.140. The first kappa shape index (κ1) is 18.3. The lowest BCUT2D eigenvalue weighted by Gasteiger charge is -2.20. The highest BCUT2D eigenvalue weighted by atomic mass is 35.5. The second kappa shape index (κ2) is 8.15. The molecule has 0 unspecified atom stereocenters. The molecule has 0 aromatic heterocycles. The lowest BCUT2D eigenvalue weighted by Crippen LogP contribution is -2.88. The number of amides is 3. The normalized spacial score (nSPS) is 13.1. The summed E-state index contributed by atoms with van der Waals surface area (Å²) < 4.78 is 0. The summed E-state index contributed by atoms with van der Waals surface area (Å²) >= 11 is 12.2. The monoisotopic (exact) mass is 366 g/mol. The summed E-state index contributed by atoms with van der Waals surface area (Å²) in [7, 11) is 0. The van der Waals surface area contributed by atoms with Crippen LogP contribution in [-0.4, -0.2) is 11.9 Å². The Balaban J connectivity index is 2.27. The van der Waals surface area contributed by atoms with Gasteiger partial charge in [0.25, 0.3) is 5.91 Å². The molecule has 5 nitrogen and oxygen atoms in total. The van der Waals surface area contributed by atoms with E-state index in [1.165, 1.54) is 0 Å². The molecule has 0 saturated carbocycles. The summed E-state index contributed by atoms with van der Waals surface area (Å²) in [5.41, 5.74) is 6.67. The van der Waals surface area contributed by atoms with Crippen molar-refractivity contribution in [1.82, 2.24) is 5.32 Å². The maximum absolute atomic E-state index is 12.4. The first-order valence-electron chi connectivity index (χ1n) is 7.33. The number of imide groups is 1. The van der Waals surface area contributed by atoms with Gasteiger partial charge < -0.3 is 11.1 Å². The topological polar surface area (TPSA) is 88.8 Å². The molecule has 0 aliphatic rings. The number of hydrogen-bond donors (Lipinski definition) is 3. The first-order valence-corrected chi connectivity index (χ1v) is 8.09. The Morgan fingerprint density at radius 1 is 1.12 bits per heavy atom. The van der Waals surface area contributed by atoms with E-state index >= 15 is 0 Å². The second-order valence-electron chi connectivity index (χ2n) is 5.39. The van der Waals surface area contributed by atoms with Crippen molar-refractivity contribution in [3.05, 3.63) is 69.7 Å². The highest BCUT2D eigenvalue weighted by Crippen LogP contribution is 2.25. The summed E-state index contributed by atoms with van der Waals surface area (Å²) in [4.78, 5) is 23.4. The lowest BCUT2D eigenvalue weighted by atomic mass is 10.0. The van der Waals surface area contributed by atoms with Crippen LogP contribution in [0.25, 0.3) is 0 Å². The number of benzene rings is 2. The first-order chi connectivity index (χ1) is 11.4. The van der Waals surface area contributed by atoms with Gasteiger partial charge in [0.05, 0.1) is 5.02 Å². The summed E-state index contributed by atoms with van der Waals surface area (Å²) in [5, 5.41) is 5.02. The SMILES string of the molecule is C[C@H]([NH2+][C@H](C(=O)NC(N)=O)c1ccccc1)c1ccc(Cl)cc1Cl. The molecule has 2 aromatic rings. The van der Waals surface area contributed by atoms with Gasteiger partial charge in [0.1, 0.15) is 6.04 Å².